The van der Waals surface area contributed by atoms with Crippen LogP contribution in [0.1, 0.15) is 54.8 Å². The Morgan fingerprint density at radius 2 is 0.689 bits per heavy atom. The molecule has 11 heteroatoms. The third-order valence-corrected chi connectivity index (χ3v) is 10.5. The predicted octanol–water partition coefficient (Wildman–Crippen LogP) is 8.53. The fourth-order valence-electron chi connectivity index (χ4n) is 7.56. The molecule has 6 aromatic carbocycles. The highest BCUT2D eigenvalue weighted by Crippen LogP contribution is 2.45. The standard InChI is InChI=1S/C50H48N2O9/c53-49(51-33-41-35-13-1-9-21-45(35)60-46-22-10-2-14-36(41)46)39-17-5-7-19-43(39)58-31-29-56-27-25-55-26-28-57-30-32-59-44-20-8-6-18-40(44)50(54)52-34-42-37-15-3-11-23-47(37)61-48-24-12-4-16-38(42)48/h1-24,41-42H,25-34H2,(H,51,53)(H,52,54). The Balaban J connectivity index is 0.693. The van der Waals surface area contributed by atoms with Gasteiger partial charge < -0.3 is 43.8 Å². The molecular formula is C50H48N2O9. The fourth-order valence-corrected chi connectivity index (χ4v) is 7.56. The molecule has 0 saturated heterocycles. The summed E-state index contributed by atoms with van der Waals surface area (Å²) in [5.74, 6) is 3.66. The molecule has 2 aliphatic heterocycles. The molecular weight excluding hydrogens is 773 g/mol. The summed E-state index contributed by atoms with van der Waals surface area (Å²) in [6.07, 6.45) is 0. The van der Waals surface area contributed by atoms with Crippen molar-refractivity contribution in [2.75, 3.05) is 65.9 Å². The van der Waals surface area contributed by atoms with Gasteiger partial charge in [0.2, 0.25) is 0 Å². The van der Waals surface area contributed by atoms with Crippen molar-refractivity contribution in [2.45, 2.75) is 11.8 Å². The van der Waals surface area contributed by atoms with Gasteiger partial charge in [-0.15, -0.1) is 0 Å². The summed E-state index contributed by atoms with van der Waals surface area (Å²) in [5, 5.41) is 6.22. The summed E-state index contributed by atoms with van der Waals surface area (Å²) in [4.78, 5) is 26.8. The van der Waals surface area contributed by atoms with E-state index in [2.05, 4.69) is 10.6 Å². The van der Waals surface area contributed by atoms with Crippen LogP contribution in [0.25, 0.3) is 0 Å². The number of benzene rings is 6. The first-order valence-corrected chi connectivity index (χ1v) is 20.6. The molecule has 0 radical (unpaired) electrons. The SMILES string of the molecule is O=C(NCC1c2ccccc2Oc2ccccc21)c1ccccc1OCCOCCOCCOCCOc1ccccc1C(=O)NCC1c2ccccc2Oc2ccccc21. The van der Waals surface area contributed by atoms with Gasteiger partial charge in [0.1, 0.15) is 47.7 Å². The van der Waals surface area contributed by atoms with E-state index in [0.717, 1.165) is 45.3 Å². The molecule has 2 aliphatic rings. The van der Waals surface area contributed by atoms with E-state index in [1.54, 1.807) is 24.3 Å². The van der Waals surface area contributed by atoms with Crippen LogP contribution in [0.4, 0.5) is 0 Å². The molecule has 0 bridgehead atoms. The molecule has 8 rings (SSSR count). The van der Waals surface area contributed by atoms with Crippen molar-refractivity contribution in [1.82, 2.24) is 10.6 Å². The number of fused-ring (bicyclic) bond motifs is 4. The Morgan fingerprint density at radius 3 is 1.05 bits per heavy atom. The van der Waals surface area contributed by atoms with Crippen LogP contribution >= 0.6 is 0 Å². The number of hydrogen-bond acceptors (Lipinski definition) is 9. The van der Waals surface area contributed by atoms with Gasteiger partial charge in [-0.3, -0.25) is 9.59 Å². The zero-order chi connectivity index (χ0) is 41.6. The van der Waals surface area contributed by atoms with Crippen molar-refractivity contribution < 1.29 is 42.7 Å². The van der Waals surface area contributed by atoms with Crippen LogP contribution in [0, 0.1) is 0 Å². The number of para-hydroxylation sites is 6. The van der Waals surface area contributed by atoms with Crippen molar-refractivity contribution in [3.63, 3.8) is 0 Å². The maximum absolute atomic E-state index is 13.4. The van der Waals surface area contributed by atoms with Gasteiger partial charge in [0, 0.05) is 47.2 Å². The number of rotatable bonds is 20. The van der Waals surface area contributed by atoms with Crippen LogP contribution in [-0.4, -0.2) is 77.8 Å². The number of ether oxygens (including phenoxy) is 7. The van der Waals surface area contributed by atoms with Crippen LogP contribution < -0.4 is 29.6 Å². The van der Waals surface area contributed by atoms with Gasteiger partial charge in [-0.1, -0.05) is 97.1 Å². The highest BCUT2D eigenvalue weighted by molar-refractivity contribution is 5.97. The maximum Gasteiger partial charge on any atom is 0.255 e. The lowest BCUT2D eigenvalue weighted by Gasteiger charge is -2.28. The number of carbonyl (C=O) groups excluding carboxylic acids is 2. The van der Waals surface area contributed by atoms with Crippen LogP contribution in [0.15, 0.2) is 146 Å². The van der Waals surface area contributed by atoms with E-state index in [-0.39, 0.29) is 36.9 Å². The Labute approximate surface area is 355 Å². The summed E-state index contributed by atoms with van der Waals surface area (Å²) < 4.78 is 41.2. The number of nitrogens with one attached hydrogen (secondary N) is 2. The predicted molar refractivity (Wildman–Crippen MR) is 231 cm³/mol. The van der Waals surface area contributed by atoms with Crippen molar-refractivity contribution in [1.29, 1.82) is 0 Å². The summed E-state index contributed by atoms with van der Waals surface area (Å²) in [6, 6.07) is 46.1. The van der Waals surface area contributed by atoms with E-state index in [4.69, 9.17) is 33.2 Å². The maximum atomic E-state index is 13.4. The van der Waals surface area contributed by atoms with Gasteiger partial charge in [0.25, 0.3) is 11.8 Å². The molecule has 2 heterocycles. The second-order valence-electron chi connectivity index (χ2n) is 14.4. The molecule has 6 aromatic rings. The molecule has 0 atom stereocenters. The van der Waals surface area contributed by atoms with E-state index < -0.39 is 0 Å². The molecule has 0 aromatic heterocycles. The molecule has 0 spiro atoms. The minimum Gasteiger partial charge on any atom is -0.490 e. The van der Waals surface area contributed by atoms with E-state index in [1.807, 2.05) is 121 Å². The third kappa shape index (κ3) is 10.2. The molecule has 2 amide bonds. The van der Waals surface area contributed by atoms with Gasteiger partial charge >= 0.3 is 0 Å². The van der Waals surface area contributed by atoms with E-state index >= 15 is 0 Å². The van der Waals surface area contributed by atoms with Gasteiger partial charge in [-0.05, 0) is 48.5 Å². The monoisotopic (exact) mass is 820 g/mol. The first kappa shape index (κ1) is 41.1. The molecule has 2 N–H and O–H groups in total. The Hall–Kier alpha value is -6.66. The van der Waals surface area contributed by atoms with E-state index in [1.165, 1.54) is 0 Å². The lowest BCUT2D eigenvalue weighted by Crippen LogP contribution is -2.30. The summed E-state index contributed by atoms with van der Waals surface area (Å²) >= 11 is 0. The topological polar surface area (TPSA) is 123 Å². The van der Waals surface area contributed by atoms with Crippen molar-refractivity contribution in [2.24, 2.45) is 0 Å². The minimum absolute atomic E-state index is 0.0440. The Bertz CT molecular complexity index is 2160. The summed E-state index contributed by atoms with van der Waals surface area (Å²) in [5.41, 5.74) is 5.05. The number of amides is 2. The summed E-state index contributed by atoms with van der Waals surface area (Å²) in [7, 11) is 0. The Kier molecular flexibility index (Phi) is 13.8. The Morgan fingerprint density at radius 1 is 0.393 bits per heavy atom. The molecule has 61 heavy (non-hydrogen) atoms. The zero-order valence-corrected chi connectivity index (χ0v) is 33.8. The molecule has 0 aliphatic carbocycles. The minimum atomic E-state index is -0.215. The highest BCUT2D eigenvalue weighted by Gasteiger charge is 2.29. The summed E-state index contributed by atoms with van der Waals surface area (Å²) in [6.45, 7) is 3.59. The second-order valence-corrected chi connectivity index (χ2v) is 14.4. The van der Waals surface area contributed by atoms with Gasteiger partial charge in [0.15, 0.2) is 0 Å². The molecule has 0 saturated carbocycles. The first-order valence-electron chi connectivity index (χ1n) is 20.6. The molecule has 312 valence electrons. The zero-order valence-electron chi connectivity index (χ0n) is 33.8. The third-order valence-electron chi connectivity index (χ3n) is 10.5. The second kappa shape index (κ2) is 20.5. The van der Waals surface area contributed by atoms with Gasteiger partial charge in [-0.25, -0.2) is 0 Å². The first-order chi connectivity index (χ1) is 30.1. The van der Waals surface area contributed by atoms with E-state index in [9.17, 15) is 9.59 Å². The largest absolute Gasteiger partial charge is 0.490 e. The van der Waals surface area contributed by atoms with Crippen LogP contribution in [0.2, 0.25) is 0 Å². The van der Waals surface area contributed by atoms with Crippen LogP contribution in [0.5, 0.6) is 34.5 Å². The van der Waals surface area contributed by atoms with Crippen LogP contribution in [-0.2, 0) is 14.2 Å². The average molecular weight is 821 g/mol. The van der Waals surface area contributed by atoms with Crippen molar-refractivity contribution in [3.05, 3.63) is 179 Å². The van der Waals surface area contributed by atoms with Crippen LogP contribution in [0.3, 0.4) is 0 Å². The molecule has 11 nitrogen and oxygen atoms in total. The lowest BCUT2D eigenvalue weighted by molar-refractivity contribution is 0.00492. The number of carbonyl (C=O) groups is 2. The van der Waals surface area contributed by atoms with Gasteiger partial charge in [-0.2, -0.15) is 0 Å². The van der Waals surface area contributed by atoms with Crippen molar-refractivity contribution >= 4 is 11.8 Å². The highest BCUT2D eigenvalue weighted by atomic mass is 16.6. The van der Waals surface area contributed by atoms with Crippen molar-refractivity contribution in [3.8, 4) is 34.5 Å². The molecule has 0 fully saturated rings. The smallest absolute Gasteiger partial charge is 0.255 e. The van der Waals surface area contributed by atoms with Gasteiger partial charge in [0.05, 0.1) is 50.8 Å². The van der Waals surface area contributed by atoms with E-state index in [0.29, 0.717) is 75.4 Å². The molecule has 0 unspecified atom stereocenters. The lowest BCUT2D eigenvalue weighted by atomic mass is 9.88. The normalized spacial score (nSPS) is 12.7. The fraction of sp³-hybridized carbons (Fsp3) is 0.240. The average Bonchev–Trinajstić information content (AvgIpc) is 3.30. The number of hydrogen-bond donors (Lipinski definition) is 2. The quantitative estimate of drug-likeness (QED) is 0.0730.